The number of nitrogens with one attached hydrogen (secondary N) is 2. The Labute approximate surface area is 171 Å². The number of carbonyl (C=O) groups excluding carboxylic acids is 1. The maximum atomic E-state index is 12.4. The molecule has 150 valence electrons. The molecule has 0 spiro atoms. The molecular weight excluding hydrogens is 396 g/mol. The average Bonchev–Trinajstić information content (AvgIpc) is 3.07. The van der Waals surface area contributed by atoms with E-state index in [9.17, 15) is 9.59 Å². The van der Waals surface area contributed by atoms with Crippen molar-refractivity contribution in [3.8, 4) is 0 Å². The van der Waals surface area contributed by atoms with E-state index >= 15 is 0 Å². The number of hydrogen-bond donors (Lipinski definition) is 2. The first-order valence-corrected chi connectivity index (χ1v) is 9.56. The van der Waals surface area contributed by atoms with E-state index in [1.165, 1.54) is 4.90 Å². The quantitative estimate of drug-likeness (QED) is 0.659. The molecule has 1 aliphatic heterocycles. The molecule has 2 aromatic heterocycles. The number of halogens is 1. The standard InChI is InChI=1S/C19H19ClN6O3/c1-3-14-9-29-19(28)26(14)18-23-10(2)22-17(25-18)21-8-12-6-11-7-13(20)4-5-15(11)24-16(12)27/h4-7,14H,3,8-9H2,1-2H3,(H,24,27)(H,21,22,23,25). The fraction of sp³-hybridized carbons (Fsp3) is 0.316. The summed E-state index contributed by atoms with van der Waals surface area (Å²) >= 11 is 6.04. The molecule has 1 aliphatic rings. The molecule has 4 rings (SSSR count). The van der Waals surface area contributed by atoms with Crippen molar-refractivity contribution in [3.63, 3.8) is 0 Å². The minimum Gasteiger partial charge on any atom is -0.447 e. The molecule has 1 saturated heterocycles. The van der Waals surface area contributed by atoms with Gasteiger partial charge >= 0.3 is 6.09 Å². The third-order valence-electron chi connectivity index (χ3n) is 4.70. The van der Waals surface area contributed by atoms with Crippen LogP contribution in [0, 0.1) is 6.92 Å². The van der Waals surface area contributed by atoms with Crippen molar-refractivity contribution < 1.29 is 9.53 Å². The minimum atomic E-state index is -0.476. The number of benzene rings is 1. The van der Waals surface area contributed by atoms with Gasteiger partial charge in [0.1, 0.15) is 12.4 Å². The van der Waals surface area contributed by atoms with Crippen LogP contribution >= 0.6 is 11.6 Å². The summed E-state index contributed by atoms with van der Waals surface area (Å²) in [4.78, 5) is 41.6. The first-order valence-electron chi connectivity index (χ1n) is 9.18. The number of cyclic esters (lactones) is 1. The molecule has 0 aliphatic carbocycles. The zero-order valence-electron chi connectivity index (χ0n) is 15.9. The Bertz CT molecular complexity index is 1150. The van der Waals surface area contributed by atoms with Crippen LogP contribution in [0.5, 0.6) is 0 Å². The van der Waals surface area contributed by atoms with Crippen LogP contribution in [0.3, 0.4) is 0 Å². The number of H-pyrrole nitrogens is 1. The Kier molecular flexibility index (Phi) is 5.06. The first-order chi connectivity index (χ1) is 13.9. The molecule has 1 unspecified atom stereocenters. The van der Waals surface area contributed by atoms with Gasteiger partial charge in [0.2, 0.25) is 11.9 Å². The Hall–Kier alpha value is -3.20. The molecule has 1 aromatic carbocycles. The molecule has 3 aromatic rings. The van der Waals surface area contributed by atoms with Gasteiger partial charge in [-0.15, -0.1) is 0 Å². The predicted octanol–water partition coefficient (Wildman–Crippen LogP) is 3.02. The number of anilines is 2. The second kappa shape index (κ2) is 7.67. The molecule has 1 atom stereocenters. The van der Waals surface area contributed by atoms with E-state index in [1.807, 2.05) is 6.92 Å². The summed E-state index contributed by atoms with van der Waals surface area (Å²) in [6.07, 6.45) is 0.241. The van der Waals surface area contributed by atoms with Crippen molar-refractivity contribution >= 4 is 40.5 Å². The van der Waals surface area contributed by atoms with Crippen LogP contribution in [0.2, 0.25) is 5.02 Å². The van der Waals surface area contributed by atoms with Gasteiger partial charge in [-0.1, -0.05) is 18.5 Å². The van der Waals surface area contributed by atoms with Gasteiger partial charge < -0.3 is 15.0 Å². The summed E-state index contributed by atoms with van der Waals surface area (Å²) in [5, 5.41) is 4.45. The highest BCUT2D eigenvalue weighted by Crippen LogP contribution is 2.22. The number of rotatable bonds is 5. The summed E-state index contributed by atoms with van der Waals surface area (Å²) < 4.78 is 5.11. The second-order valence-corrected chi connectivity index (χ2v) is 7.16. The fourth-order valence-electron chi connectivity index (χ4n) is 3.19. The maximum absolute atomic E-state index is 12.4. The second-order valence-electron chi connectivity index (χ2n) is 6.72. The van der Waals surface area contributed by atoms with Crippen LogP contribution in [0.1, 0.15) is 24.7 Å². The van der Waals surface area contributed by atoms with E-state index in [4.69, 9.17) is 16.3 Å². The van der Waals surface area contributed by atoms with Crippen molar-refractivity contribution in [2.75, 3.05) is 16.8 Å². The molecule has 29 heavy (non-hydrogen) atoms. The molecule has 3 heterocycles. The van der Waals surface area contributed by atoms with Gasteiger partial charge in [-0.25, -0.2) is 9.69 Å². The van der Waals surface area contributed by atoms with Gasteiger partial charge in [-0.2, -0.15) is 15.0 Å². The maximum Gasteiger partial charge on any atom is 0.417 e. The van der Waals surface area contributed by atoms with Crippen LogP contribution in [0.25, 0.3) is 10.9 Å². The van der Waals surface area contributed by atoms with Crippen molar-refractivity contribution in [1.82, 2.24) is 19.9 Å². The van der Waals surface area contributed by atoms with Gasteiger partial charge in [0.25, 0.3) is 5.56 Å². The Morgan fingerprint density at radius 3 is 2.90 bits per heavy atom. The lowest BCUT2D eigenvalue weighted by Crippen LogP contribution is -2.34. The SMILES string of the molecule is CCC1COC(=O)N1c1nc(C)nc(NCc2cc3cc(Cl)ccc3[nH]c2=O)n1. The summed E-state index contributed by atoms with van der Waals surface area (Å²) in [7, 11) is 0. The number of aromatic amines is 1. The van der Waals surface area contributed by atoms with Crippen molar-refractivity contribution in [2.45, 2.75) is 32.9 Å². The number of fused-ring (bicyclic) bond motifs is 1. The van der Waals surface area contributed by atoms with E-state index in [0.717, 1.165) is 5.39 Å². The normalized spacial score (nSPS) is 16.3. The van der Waals surface area contributed by atoms with Gasteiger partial charge in [0.05, 0.1) is 6.04 Å². The number of hydrogen-bond acceptors (Lipinski definition) is 7. The lowest BCUT2D eigenvalue weighted by molar-refractivity contribution is 0.178. The smallest absolute Gasteiger partial charge is 0.417 e. The molecule has 0 saturated carbocycles. The monoisotopic (exact) mass is 414 g/mol. The van der Waals surface area contributed by atoms with Crippen molar-refractivity contribution in [3.05, 3.63) is 51.0 Å². The Morgan fingerprint density at radius 2 is 2.10 bits per heavy atom. The van der Waals surface area contributed by atoms with Gasteiger partial charge in [-0.05, 0) is 37.6 Å². The van der Waals surface area contributed by atoms with Gasteiger partial charge in [0.15, 0.2) is 0 Å². The summed E-state index contributed by atoms with van der Waals surface area (Å²) in [5.41, 5.74) is 0.999. The molecule has 9 nitrogen and oxygen atoms in total. The summed E-state index contributed by atoms with van der Waals surface area (Å²) in [6.45, 7) is 4.18. The van der Waals surface area contributed by atoms with Crippen LogP contribution in [0.4, 0.5) is 16.7 Å². The largest absolute Gasteiger partial charge is 0.447 e. The van der Waals surface area contributed by atoms with Crippen molar-refractivity contribution in [1.29, 1.82) is 0 Å². The fourth-order valence-corrected chi connectivity index (χ4v) is 3.37. The number of amides is 1. The Morgan fingerprint density at radius 1 is 1.28 bits per heavy atom. The lowest BCUT2D eigenvalue weighted by atomic mass is 10.1. The highest BCUT2D eigenvalue weighted by molar-refractivity contribution is 6.31. The van der Waals surface area contributed by atoms with Crippen LogP contribution in [-0.4, -0.2) is 38.7 Å². The number of carbonyl (C=O) groups is 1. The topological polar surface area (TPSA) is 113 Å². The van der Waals surface area contributed by atoms with Crippen LogP contribution in [0.15, 0.2) is 29.1 Å². The van der Waals surface area contributed by atoms with Crippen LogP contribution in [-0.2, 0) is 11.3 Å². The highest BCUT2D eigenvalue weighted by Gasteiger charge is 2.35. The summed E-state index contributed by atoms with van der Waals surface area (Å²) in [5.74, 6) is 0.951. The average molecular weight is 415 g/mol. The third kappa shape index (κ3) is 3.86. The zero-order chi connectivity index (χ0) is 20.5. The van der Waals surface area contributed by atoms with E-state index in [-0.39, 0.29) is 30.0 Å². The number of nitrogens with zero attached hydrogens (tertiary/aromatic N) is 4. The Balaban J connectivity index is 1.60. The van der Waals surface area contributed by atoms with Crippen LogP contribution < -0.4 is 15.8 Å². The van der Waals surface area contributed by atoms with E-state index in [1.54, 1.807) is 31.2 Å². The molecule has 2 N–H and O–H groups in total. The molecule has 1 amide bonds. The van der Waals surface area contributed by atoms with E-state index < -0.39 is 6.09 Å². The minimum absolute atomic E-state index is 0.120. The predicted molar refractivity (Wildman–Crippen MR) is 109 cm³/mol. The summed E-state index contributed by atoms with van der Waals surface area (Å²) in [6, 6.07) is 6.92. The third-order valence-corrected chi connectivity index (χ3v) is 4.94. The molecule has 1 fully saturated rings. The van der Waals surface area contributed by atoms with Gasteiger partial charge in [0, 0.05) is 28.0 Å². The number of aromatic nitrogens is 4. The number of pyridine rings is 1. The lowest BCUT2D eigenvalue weighted by Gasteiger charge is -2.18. The van der Waals surface area contributed by atoms with E-state index in [2.05, 4.69) is 25.3 Å². The first kappa shape index (κ1) is 19.1. The molecule has 0 radical (unpaired) electrons. The van der Waals surface area contributed by atoms with E-state index in [0.29, 0.717) is 35.0 Å². The number of aryl methyl sites for hydroxylation is 1. The molecule has 0 bridgehead atoms. The van der Waals surface area contributed by atoms with Crippen molar-refractivity contribution in [2.24, 2.45) is 0 Å². The molecule has 10 heteroatoms. The molecular formula is C19H19ClN6O3. The zero-order valence-corrected chi connectivity index (χ0v) is 16.7. The highest BCUT2D eigenvalue weighted by atomic mass is 35.5. The number of ether oxygens (including phenoxy) is 1. The van der Waals surface area contributed by atoms with Gasteiger partial charge in [-0.3, -0.25) is 4.79 Å².